The monoisotopic (exact) mass is 340 g/mol. The Labute approximate surface area is 148 Å². The minimum Gasteiger partial charge on any atom is -0.465 e. The van der Waals surface area contributed by atoms with Gasteiger partial charge in [0.15, 0.2) is 6.61 Å². The van der Waals surface area contributed by atoms with Gasteiger partial charge in [-0.1, -0.05) is 24.3 Å². The van der Waals surface area contributed by atoms with Crippen LogP contribution in [0.25, 0.3) is 11.3 Å². The summed E-state index contributed by atoms with van der Waals surface area (Å²) >= 11 is 0. The zero-order valence-corrected chi connectivity index (χ0v) is 15.0. The molecule has 1 aliphatic carbocycles. The highest BCUT2D eigenvalue weighted by Crippen LogP contribution is 2.37. The van der Waals surface area contributed by atoms with Crippen LogP contribution in [-0.2, 0) is 9.53 Å². The van der Waals surface area contributed by atoms with Crippen LogP contribution in [0.2, 0.25) is 0 Å². The van der Waals surface area contributed by atoms with E-state index in [1.807, 2.05) is 51.1 Å². The molecule has 132 valence electrons. The number of rotatable bonds is 6. The lowest BCUT2D eigenvalue weighted by molar-refractivity contribution is -0.149. The molecular formula is C20H24N2O3. The molecule has 1 heterocycles. The first-order chi connectivity index (χ1) is 12.1. The summed E-state index contributed by atoms with van der Waals surface area (Å²) in [7, 11) is 0. The Kier molecular flexibility index (Phi) is 5.22. The number of hydrogen-bond acceptors (Lipinski definition) is 4. The summed E-state index contributed by atoms with van der Waals surface area (Å²) in [5, 5.41) is 4.66. The second-order valence-electron chi connectivity index (χ2n) is 6.46. The van der Waals surface area contributed by atoms with E-state index in [4.69, 9.17) is 9.47 Å². The molecule has 0 bridgehead atoms. The molecule has 5 heteroatoms. The van der Waals surface area contributed by atoms with Gasteiger partial charge in [0.2, 0.25) is 5.88 Å². The normalized spacial score (nSPS) is 13.8. The van der Waals surface area contributed by atoms with Crippen molar-refractivity contribution in [2.24, 2.45) is 0 Å². The van der Waals surface area contributed by atoms with Gasteiger partial charge in [-0.25, -0.2) is 9.48 Å². The van der Waals surface area contributed by atoms with Crippen LogP contribution in [0.15, 0.2) is 36.4 Å². The molecule has 0 saturated carbocycles. The quantitative estimate of drug-likeness (QED) is 0.744. The van der Waals surface area contributed by atoms with Gasteiger partial charge >= 0.3 is 5.97 Å². The number of aromatic nitrogens is 2. The number of carbonyl (C=O) groups excluding carboxylic acids is 1. The van der Waals surface area contributed by atoms with Crippen LogP contribution in [0.5, 0.6) is 5.88 Å². The molecule has 0 amide bonds. The zero-order chi connectivity index (χ0) is 17.8. The first-order valence-corrected chi connectivity index (χ1v) is 8.73. The molecule has 1 aromatic heterocycles. The Hall–Kier alpha value is -2.56. The van der Waals surface area contributed by atoms with Crippen molar-refractivity contribution >= 4 is 11.5 Å². The van der Waals surface area contributed by atoms with Gasteiger partial charge in [-0.05, 0) is 57.7 Å². The summed E-state index contributed by atoms with van der Waals surface area (Å²) in [5.74, 6) is 0.234. The minimum atomic E-state index is -0.375. The van der Waals surface area contributed by atoms with Gasteiger partial charge in [-0.15, -0.1) is 0 Å². The second kappa shape index (κ2) is 7.55. The van der Waals surface area contributed by atoms with Gasteiger partial charge in [0, 0.05) is 0 Å². The van der Waals surface area contributed by atoms with Crippen LogP contribution < -0.4 is 4.74 Å². The molecule has 0 fully saturated rings. The van der Waals surface area contributed by atoms with Crippen LogP contribution in [0.3, 0.4) is 0 Å². The number of allylic oxidation sites excluding steroid dienone is 2. The third-order valence-corrected chi connectivity index (χ3v) is 4.07. The summed E-state index contributed by atoms with van der Waals surface area (Å²) in [6.07, 6.45) is 5.29. The van der Waals surface area contributed by atoms with Crippen molar-refractivity contribution in [2.75, 3.05) is 6.61 Å². The number of nitrogens with zero attached hydrogens (tertiary/aromatic N) is 2. The largest absolute Gasteiger partial charge is 0.465 e. The third kappa shape index (κ3) is 3.92. The Morgan fingerprint density at radius 2 is 2.04 bits per heavy atom. The van der Waals surface area contributed by atoms with Crippen LogP contribution in [0, 0.1) is 6.92 Å². The van der Waals surface area contributed by atoms with Crippen molar-refractivity contribution in [2.45, 2.75) is 46.1 Å². The number of hydrogen-bond donors (Lipinski definition) is 0. The fraction of sp³-hybridized carbons (Fsp3) is 0.400. The van der Waals surface area contributed by atoms with E-state index in [-0.39, 0.29) is 18.7 Å². The number of ether oxygens (including phenoxy) is 2. The minimum absolute atomic E-state index is 0.129. The number of aryl methyl sites for hydroxylation is 1. The number of para-hydroxylation sites is 1. The molecule has 25 heavy (non-hydrogen) atoms. The van der Waals surface area contributed by atoms with Crippen molar-refractivity contribution < 1.29 is 14.3 Å². The maximum atomic E-state index is 11.9. The third-order valence-electron chi connectivity index (χ3n) is 4.07. The van der Waals surface area contributed by atoms with E-state index in [2.05, 4.69) is 11.2 Å². The van der Waals surface area contributed by atoms with Gasteiger partial charge in [-0.2, -0.15) is 5.10 Å². The smallest absolute Gasteiger partial charge is 0.344 e. The average molecular weight is 340 g/mol. The molecule has 0 atom stereocenters. The summed E-state index contributed by atoms with van der Waals surface area (Å²) in [5.41, 5.74) is 4.05. The molecule has 0 aliphatic heterocycles. The topological polar surface area (TPSA) is 53.4 Å². The highest BCUT2D eigenvalue weighted by molar-refractivity contribution is 5.75. The summed E-state index contributed by atoms with van der Waals surface area (Å²) in [6, 6.07) is 9.81. The van der Waals surface area contributed by atoms with E-state index < -0.39 is 0 Å². The maximum Gasteiger partial charge on any atom is 0.344 e. The van der Waals surface area contributed by atoms with E-state index in [0.29, 0.717) is 5.88 Å². The highest BCUT2D eigenvalue weighted by atomic mass is 16.6. The van der Waals surface area contributed by atoms with E-state index in [1.165, 1.54) is 5.57 Å². The Balaban J connectivity index is 1.95. The van der Waals surface area contributed by atoms with Crippen molar-refractivity contribution in [3.8, 4) is 11.6 Å². The van der Waals surface area contributed by atoms with Crippen molar-refractivity contribution in [1.29, 1.82) is 0 Å². The van der Waals surface area contributed by atoms with Crippen LogP contribution in [0.4, 0.5) is 0 Å². The summed E-state index contributed by atoms with van der Waals surface area (Å²) in [4.78, 5) is 11.9. The number of benzene rings is 1. The van der Waals surface area contributed by atoms with Gasteiger partial charge in [0.25, 0.3) is 0 Å². The lowest BCUT2D eigenvalue weighted by atomic mass is 10.1. The van der Waals surface area contributed by atoms with Crippen LogP contribution >= 0.6 is 0 Å². The molecule has 5 nitrogen and oxygen atoms in total. The predicted octanol–water partition coefficient (Wildman–Crippen LogP) is 4.08. The summed E-state index contributed by atoms with van der Waals surface area (Å²) in [6.45, 7) is 5.50. The first kappa shape index (κ1) is 17.3. The maximum absolute atomic E-state index is 11.9. The van der Waals surface area contributed by atoms with E-state index >= 15 is 0 Å². The highest BCUT2D eigenvalue weighted by Gasteiger charge is 2.23. The molecular weight excluding hydrogens is 316 g/mol. The Bertz CT molecular complexity index is 776. The molecule has 3 rings (SSSR count). The van der Waals surface area contributed by atoms with Crippen LogP contribution in [0.1, 0.15) is 44.4 Å². The van der Waals surface area contributed by atoms with E-state index in [9.17, 15) is 4.79 Å². The van der Waals surface area contributed by atoms with E-state index in [1.54, 1.807) is 4.68 Å². The Morgan fingerprint density at radius 1 is 1.28 bits per heavy atom. The van der Waals surface area contributed by atoms with Gasteiger partial charge < -0.3 is 9.47 Å². The Morgan fingerprint density at radius 3 is 2.68 bits per heavy atom. The average Bonchev–Trinajstić information content (AvgIpc) is 3.20. The predicted molar refractivity (Wildman–Crippen MR) is 96.9 cm³/mol. The first-order valence-electron chi connectivity index (χ1n) is 8.73. The lowest BCUT2D eigenvalue weighted by Gasteiger charge is -2.13. The number of esters is 1. The molecule has 0 N–H and O–H groups in total. The van der Waals surface area contributed by atoms with Crippen molar-refractivity contribution in [3.63, 3.8) is 0 Å². The molecule has 1 aromatic carbocycles. The molecule has 0 saturated heterocycles. The van der Waals surface area contributed by atoms with Crippen molar-refractivity contribution in [3.05, 3.63) is 47.7 Å². The summed E-state index contributed by atoms with van der Waals surface area (Å²) < 4.78 is 12.9. The van der Waals surface area contributed by atoms with Crippen molar-refractivity contribution in [1.82, 2.24) is 9.78 Å². The molecule has 2 aromatic rings. The molecule has 0 unspecified atom stereocenters. The zero-order valence-electron chi connectivity index (χ0n) is 15.0. The fourth-order valence-corrected chi connectivity index (χ4v) is 3.08. The molecule has 0 radical (unpaired) electrons. The number of carbonyl (C=O) groups is 1. The lowest BCUT2D eigenvalue weighted by Crippen LogP contribution is -2.20. The van der Waals surface area contributed by atoms with Gasteiger partial charge in [0.1, 0.15) is 0 Å². The molecule has 0 spiro atoms. The van der Waals surface area contributed by atoms with Gasteiger partial charge in [-0.3, -0.25) is 0 Å². The fourth-order valence-electron chi connectivity index (χ4n) is 3.08. The van der Waals surface area contributed by atoms with E-state index in [0.717, 1.165) is 36.2 Å². The SMILES string of the molecule is Cc1nn(-c2ccccc2)c(OCC(=O)OC(C)C)c1C1=CCCC1. The second-order valence-corrected chi connectivity index (χ2v) is 6.46. The standard InChI is InChI=1S/C20H24N2O3/c1-14(2)25-18(23)13-24-20-19(16-9-7-8-10-16)15(3)21-22(20)17-11-5-4-6-12-17/h4-6,9,11-12,14H,7-8,10,13H2,1-3H3. The van der Waals surface area contributed by atoms with Gasteiger partial charge in [0.05, 0.1) is 23.0 Å². The molecule has 1 aliphatic rings. The van der Waals surface area contributed by atoms with Crippen LogP contribution in [-0.4, -0.2) is 28.5 Å².